The van der Waals surface area contributed by atoms with Gasteiger partial charge in [-0.05, 0) is 264 Å². The molecule has 778 valence electrons. The van der Waals surface area contributed by atoms with E-state index in [1.165, 1.54) is 79.6 Å². The summed E-state index contributed by atoms with van der Waals surface area (Å²) in [4.78, 5) is 145. The molecular weight excluding hydrogens is 1960 g/mol. The Kier molecular flexibility index (Phi) is 32.5. The molecule has 8 fully saturated rings. The van der Waals surface area contributed by atoms with E-state index in [0.717, 1.165) is 182 Å². The minimum Gasteiger partial charge on any atom is -0.478 e. The molecule has 147 heavy (non-hydrogen) atoms. The van der Waals surface area contributed by atoms with Gasteiger partial charge in [0.15, 0.2) is 72.7 Å². The van der Waals surface area contributed by atoms with Gasteiger partial charge in [0.05, 0.1) is 46.9 Å². The van der Waals surface area contributed by atoms with Crippen molar-refractivity contribution in [2.45, 2.75) is 157 Å². The third-order valence-corrected chi connectivity index (χ3v) is 30.4. The number of piperidine rings is 5. The highest BCUT2D eigenvalue weighted by Gasteiger charge is 2.47. The maximum atomic E-state index is 13.1. The first kappa shape index (κ1) is 105. The molecule has 14 heterocycles. The number of pyridine rings is 4. The monoisotopic (exact) mass is 2080 g/mol. The van der Waals surface area contributed by atoms with Crippen molar-refractivity contribution in [3.8, 4) is 23.0 Å². The normalized spacial score (nSPS) is 17.2. The lowest BCUT2D eigenvalue weighted by Crippen LogP contribution is -2.58. The van der Waals surface area contributed by atoms with Crippen molar-refractivity contribution in [3.63, 3.8) is 0 Å². The molecule has 10 N–H and O–H groups in total. The van der Waals surface area contributed by atoms with Crippen molar-refractivity contribution in [2.24, 2.45) is 28.1 Å². The van der Waals surface area contributed by atoms with Crippen LogP contribution in [-0.2, 0) is 19.2 Å². The number of nitrogens with one attached hydrogen (secondary N) is 10. The van der Waals surface area contributed by atoms with Crippen molar-refractivity contribution in [3.05, 3.63) is 183 Å². The predicted molar refractivity (Wildman–Crippen MR) is 578 cm³/mol. The van der Waals surface area contributed by atoms with Gasteiger partial charge < -0.3 is 110 Å². The van der Waals surface area contributed by atoms with E-state index in [0.29, 0.717) is 83.4 Å². The largest absolute Gasteiger partial charge is 0.478 e. The minimum atomic E-state index is -0.312. The van der Waals surface area contributed by atoms with Gasteiger partial charge in [0.2, 0.25) is 23.8 Å². The molecule has 8 aromatic heterocycles. The number of amides is 4. The van der Waals surface area contributed by atoms with Crippen molar-refractivity contribution >= 4 is 183 Å². The minimum absolute atomic E-state index is 0.0945. The molecule has 4 amide bonds. The number of hydrogen-bond donors (Lipinski definition) is 10. The molecule has 2 aliphatic carbocycles. The average Bonchev–Trinajstić information content (AvgIpc) is 1.47. The number of nitrogens with zero attached hydrogens (tertiary/aromatic N) is 16. The third kappa shape index (κ3) is 24.1. The van der Waals surface area contributed by atoms with E-state index < -0.39 is 0 Å². The standard InChI is InChI=1S/C28H36ClN7O3.C27H33ClN6O3.C26H32ClN7O3.C24H27ClN6O3/c1-18(2)36-22-5-4-20(14-19(22)15-23(26(36)38)39-17-24(37)30-3)33-25-21(29)16-32-27(34-25)35-12-8-28(9-13-35)6-10-31-11-7-28;1-17(2)34-21-6-5-19(13-18(21)14-22(25(34)36)37-16-23(35)29-3)31-24-20(28)15-30-26(32-24)33-11-9-27(10-12-33)7-4-8-27;1-16(2)34-20-5-4-18(10-17(20)11-21(24(34)36)37-13-22(35)28-3)31-23-19(27)12-30-25(32-23)33-8-6-26(7-9-33)14-29-15-26;1-13(2)31-19-5-4-17(7-14(19)8-20(23(31)33)34-12-21(32)26-3)28-22-18(25)9-27-24(29-22)30-10-15-6-16(15)11-30/h4-5,14-16,18,31H,6-13,17H2,1-3H3,(H,30,37)(H,32,33,34);5-6,13-15,17H,4,7-12,16H2,1-3H3,(H,29,35)(H,30,31,32);4-5,10-12,16,29H,6-9,13-15H2,1-3H3,(H,28,35)(H,30,31,32);4-5,7-9,13,15-16H,6,10-12H2,1-3H3,(H,26,32)(H,27,28,29). The second kappa shape index (κ2) is 45.5. The van der Waals surface area contributed by atoms with Crippen LogP contribution in [0.25, 0.3) is 43.6 Å². The van der Waals surface area contributed by atoms with Gasteiger partial charge in [-0.2, -0.15) is 19.9 Å². The number of benzene rings is 4. The van der Waals surface area contributed by atoms with E-state index in [1.807, 2.05) is 128 Å². The fourth-order valence-electron chi connectivity index (χ4n) is 20.4. The van der Waals surface area contributed by atoms with Crippen LogP contribution in [0, 0.1) is 28.1 Å². The maximum absolute atomic E-state index is 13.1. The molecule has 42 heteroatoms. The van der Waals surface area contributed by atoms with Crippen LogP contribution in [0.5, 0.6) is 23.0 Å². The van der Waals surface area contributed by atoms with Gasteiger partial charge >= 0.3 is 0 Å². The number of hydrogen-bond acceptors (Lipinski definition) is 30. The number of likely N-dealkylation sites (N-methyl/N-ethyl adjacent to an activating group) is 4. The molecule has 8 aliphatic rings. The van der Waals surface area contributed by atoms with E-state index in [1.54, 1.807) is 67.3 Å². The third-order valence-electron chi connectivity index (χ3n) is 29.3. The molecule has 2 unspecified atom stereocenters. The summed E-state index contributed by atoms with van der Waals surface area (Å²) in [7, 11) is 6.09. The molecule has 6 aliphatic heterocycles. The van der Waals surface area contributed by atoms with Gasteiger partial charge in [0.1, 0.15) is 20.1 Å². The fraction of sp³-hybridized carbons (Fsp3) is 0.467. The zero-order chi connectivity index (χ0) is 104. The van der Waals surface area contributed by atoms with Crippen LogP contribution in [0.4, 0.5) is 69.8 Å². The van der Waals surface area contributed by atoms with Gasteiger partial charge in [-0.25, -0.2) is 19.9 Å². The van der Waals surface area contributed by atoms with Crippen LogP contribution in [-0.4, -0.2) is 215 Å². The summed E-state index contributed by atoms with van der Waals surface area (Å²) in [5.41, 5.74) is 6.42. The summed E-state index contributed by atoms with van der Waals surface area (Å²) in [6.45, 7) is 26.6. The number of carbonyl (C=O) groups is 4. The highest BCUT2D eigenvalue weighted by atomic mass is 35.5. The molecule has 0 bridgehead atoms. The number of ether oxygens (including phenoxy) is 4. The smallest absolute Gasteiger partial charge is 0.293 e. The topological polar surface area (TPSA) is 430 Å². The Labute approximate surface area is 871 Å². The number of anilines is 12. The Hall–Kier alpha value is -13.4. The van der Waals surface area contributed by atoms with Crippen LogP contribution >= 0.6 is 46.4 Å². The number of rotatable bonds is 28. The Bertz CT molecular complexity index is 6940. The zero-order valence-electron chi connectivity index (χ0n) is 84.9. The lowest BCUT2D eigenvalue weighted by Gasteiger charge is -2.48. The summed E-state index contributed by atoms with van der Waals surface area (Å²) < 4.78 is 28.9. The van der Waals surface area contributed by atoms with E-state index in [2.05, 4.69) is 97.7 Å². The van der Waals surface area contributed by atoms with Crippen LogP contribution in [0.1, 0.15) is 157 Å². The molecule has 38 nitrogen and oxygen atoms in total. The summed E-state index contributed by atoms with van der Waals surface area (Å²) in [5.74, 6) is 5.58. The Morgan fingerprint density at radius 3 is 0.850 bits per heavy atom. The first-order valence-electron chi connectivity index (χ1n) is 50.4. The summed E-state index contributed by atoms with van der Waals surface area (Å²) >= 11 is 25.8. The first-order chi connectivity index (χ1) is 70.7. The van der Waals surface area contributed by atoms with Crippen LogP contribution in [0.3, 0.4) is 0 Å². The highest BCUT2D eigenvalue weighted by Crippen LogP contribution is 2.50. The molecule has 0 radical (unpaired) electrons. The Morgan fingerprint density at radius 1 is 0.354 bits per heavy atom. The van der Waals surface area contributed by atoms with Crippen molar-refractivity contribution in [2.75, 3.05) is 174 Å². The van der Waals surface area contributed by atoms with Crippen molar-refractivity contribution < 1.29 is 38.1 Å². The van der Waals surface area contributed by atoms with Crippen molar-refractivity contribution in [1.29, 1.82) is 0 Å². The van der Waals surface area contributed by atoms with Crippen LogP contribution in [0.2, 0.25) is 20.1 Å². The maximum Gasteiger partial charge on any atom is 0.293 e. The van der Waals surface area contributed by atoms with E-state index >= 15 is 0 Å². The molecule has 2 atom stereocenters. The molecule has 12 aromatic rings. The second-order valence-corrected chi connectivity index (χ2v) is 42.0. The van der Waals surface area contributed by atoms with Gasteiger partial charge in [-0.15, -0.1) is 0 Å². The number of aromatic nitrogens is 12. The Morgan fingerprint density at radius 2 is 0.612 bits per heavy atom. The van der Waals surface area contributed by atoms with Crippen molar-refractivity contribution in [1.82, 2.24) is 90.0 Å². The lowest BCUT2D eigenvalue weighted by molar-refractivity contribution is -0.123. The molecule has 6 saturated heterocycles. The van der Waals surface area contributed by atoms with Gasteiger partial charge in [-0.3, -0.25) is 38.4 Å². The van der Waals surface area contributed by atoms with E-state index in [4.69, 9.17) is 80.3 Å². The van der Waals surface area contributed by atoms with Crippen LogP contribution < -0.4 is 114 Å². The summed E-state index contributed by atoms with van der Waals surface area (Å²) in [6, 6.07) is 29.0. The number of carbonyl (C=O) groups excluding carboxylic acids is 4. The number of halogens is 4. The summed E-state index contributed by atoms with van der Waals surface area (Å²) in [6.07, 6.45) is 21.3. The van der Waals surface area contributed by atoms with E-state index in [-0.39, 0.29) is 119 Å². The highest BCUT2D eigenvalue weighted by molar-refractivity contribution is 6.34. The number of fused-ring (bicyclic) bond motifs is 5. The van der Waals surface area contributed by atoms with Gasteiger partial charge in [0.25, 0.3) is 45.9 Å². The molecule has 4 aromatic carbocycles. The molecule has 2 saturated carbocycles. The van der Waals surface area contributed by atoms with Crippen LogP contribution in [0.15, 0.2) is 141 Å². The van der Waals surface area contributed by atoms with Gasteiger partial charge in [0, 0.05) is 162 Å². The van der Waals surface area contributed by atoms with Gasteiger partial charge in [-0.1, -0.05) is 52.8 Å². The predicted octanol–water partition coefficient (Wildman–Crippen LogP) is 15.0. The average molecular weight is 2090 g/mol. The first-order valence-corrected chi connectivity index (χ1v) is 51.9. The lowest BCUT2D eigenvalue weighted by atomic mass is 9.63. The van der Waals surface area contributed by atoms with E-state index in [9.17, 15) is 38.4 Å². The zero-order valence-corrected chi connectivity index (χ0v) is 87.9. The molecule has 3 spiro atoms. The second-order valence-electron chi connectivity index (χ2n) is 40.3. The SMILES string of the molecule is CNC(=O)COc1cc2cc(Nc3nc(N4CC5CC5C4)ncc3Cl)ccc2n(C(C)C)c1=O.CNC(=O)COc1cc2cc(Nc3nc(N4CCC5(CC4)CNC5)ncc3Cl)ccc2n(C(C)C)c1=O.CNC(=O)COc1cc2cc(Nc3nc(N4CCC5(CCC5)CC4)ncc3Cl)ccc2n(C(C)C)c1=O.CNC(=O)COc1cc2cc(Nc3nc(N4CCC5(CCNCC5)CC4)ncc3Cl)ccc2n(C(C)C)c1=O. The quantitative estimate of drug-likeness (QED) is 0.0218. The summed E-state index contributed by atoms with van der Waals surface area (Å²) in [5, 5.41) is 35.0. The molecular formula is C105H128Cl4N26O12. The Balaban J connectivity index is 0.000000134. The molecule has 20 rings (SSSR count). The fourth-order valence-corrected chi connectivity index (χ4v) is 21.0.